The molecule has 0 radical (unpaired) electrons. The van der Waals surface area contributed by atoms with E-state index in [1.165, 1.54) is 0 Å². The van der Waals surface area contributed by atoms with Crippen LogP contribution < -0.4 is 14.2 Å². The Morgan fingerprint density at radius 1 is 0.912 bits per heavy atom. The number of amides is 1. The van der Waals surface area contributed by atoms with Crippen molar-refractivity contribution < 1.29 is 19.0 Å². The Bertz CT molecular complexity index is 1120. The third kappa shape index (κ3) is 5.34. The second kappa shape index (κ2) is 10.9. The largest absolute Gasteiger partial charge is 0.493 e. The van der Waals surface area contributed by atoms with Crippen LogP contribution in [-0.4, -0.2) is 68.2 Å². The number of piperazine rings is 1. The minimum Gasteiger partial charge on any atom is -0.493 e. The van der Waals surface area contributed by atoms with Gasteiger partial charge in [0.2, 0.25) is 5.75 Å². The number of carbonyl (C=O) groups is 1. The van der Waals surface area contributed by atoms with E-state index in [1.54, 1.807) is 21.3 Å². The number of aromatic nitrogens is 1. The quantitative estimate of drug-likeness (QED) is 0.452. The fourth-order valence-electron chi connectivity index (χ4n) is 4.10. The average Bonchev–Trinajstić information content (AvgIpc) is 2.88. The lowest BCUT2D eigenvalue weighted by molar-refractivity contribution is 0.0628. The van der Waals surface area contributed by atoms with Crippen LogP contribution in [0.4, 0.5) is 0 Å². The van der Waals surface area contributed by atoms with Crippen molar-refractivity contribution in [1.82, 2.24) is 14.8 Å². The van der Waals surface area contributed by atoms with Gasteiger partial charge in [-0.05, 0) is 54.1 Å². The molecule has 1 saturated heterocycles. The van der Waals surface area contributed by atoms with Crippen molar-refractivity contribution in [1.29, 1.82) is 0 Å². The molecule has 0 aliphatic carbocycles. The summed E-state index contributed by atoms with van der Waals surface area (Å²) in [7, 11) is 4.79. The number of hydrogen-bond acceptors (Lipinski definition) is 6. The summed E-state index contributed by atoms with van der Waals surface area (Å²) in [5, 5.41) is 0. The van der Waals surface area contributed by atoms with E-state index in [4.69, 9.17) is 14.2 Å². The van der Waals surface area contributed by atoms with Crippen LogP contribution in [0, 0.1) is 0 Å². The van der Waals surface area contributed by atoms with Crippen molar-refractivity contribution in [3.8, 4) is 28.5 Å². The van der Waals surface area contributed by atoms with Gasteiger partial charge in [0.05, 0.1) is 27.0 Å². The fourth-order valence-corrected chi connectivity index (χ4v) is 4.37. The highest BCUT2D eigenvalue weighted by molar-refractivity contribution is 9.10. The molecule has 2 aromatic carbocycles. The number of hydrogen-bond donors (Lipinski definition) is 0. The Morgan fingerprint density at radius 3 is 2.15 bits per heavy atom. The SMILES string of the molecule is COc1cc(-c2cc(CN3CCN(C(=O)c4ccc(Br)cc4)CC3)ccn2)cc(OC)c1OC. The summed E-state index contributed by atoms with van der Waals surface area (Å²) in [4.78, 5) is 21.6. The van der Waals surface area contributed by atoms with E-state index in [-0.39, 0.29) is 5.91 Å². The molecule has 1 fully saturated rings. The minimum atomic E-state index is 0.0840. The maximum Gasteiger partial charge on any atom is 0.253 e. The van der Waals surface area contributed by atoms with E-state index in [1.807, 2.05) is 53.6 Å². The molecule has 3 aromatic rings. The Morgan fingerprint density at radius 2 is 1.56 bits per heavy atom. The van der Waals surface area contributed by atoms with Crippen LogP contribution in [0.3, 0.4) is 0 Å². The number of methoxy groups -OCH3 is 3. The average molecular weight is 526 g/mol. The monoisotopic (exact) mass is 525 g/mol. The molecule has 1 amide bonds. The summed E-state index contributed by atoms with van der Waals surface area (Å²) in [6.07, 6.45) is 1.82. The van der Waals surface area contributed by atoms with Gasteiger partial charge in [-0.3, -0.25) is 14.7 Å². The lowest BCUT2D eigenvalue weighted by Gasteiger charge is -2.34. The van der Waals surface area contributed by atoms with E-state index in [0.29, 0.717) is 30.3 Å². The molecular formula is C26H28BrN3O4. The molecule has 1 aliphatic heterocycles. The normalized spacial score (nSPS) is 14.1. The lowest BCUT2D eigenvalue weighted by atomic mass is 10.1. The summed E-state index contributed by atoms with van der Waals surface area (Å²) >= 11 is 3.42. The van der Waals surface area contributed by atoms with Gasteiger partial charge in [-0.15, -0.1) is 0 Å². The Labute approximate surface area is 208 Å². The highest BCUT2D eigenvalue weighted by Crippen LogP contribution is 2.40. The highest BCUT2D eigenvalue weighted by Gasteiger charge is 2.22. The van der Waals surface area contributed by atoms with E-state index in [9.17, 15) is 4.79 Å². The summed E-state index contributed by atoms with van der Waals surface area (Å²) in [5.41, 5.74) is 3.61. The van der Waals surface area contributed by atoms with Crippen molar-refractivity contribution in [3.63, 3.8) is 0 Å². The number of pyridine rings is 1. The number of nitrogens with zero attached hydrogens (tertiary/aromatic N) is 3. The zero-order chi connectivity index (χ0) is 24.1. The van der Waals surface area contributed by atoms with Gasteiger partial charge in [0.25, 0.3) is 5.91 Å². The van der Waals surface area contributed by atoms with Crippen LogP contribution in [-0.2, 0) is 6.54 Å². The van der Waals surface area contributed by atoms with Crippen molar-refractivity contribution in [3.05, 3.63) is 70.3 Å². The maximum atomic E-state index is 12.8. The highest BCUT2D eigenvalue weighted by atomic mass is 79.9. The molecule has 0 N–H and O–H groups in total. The van der Waals surface area contributed by atoms with E-state index in [2.05, 4.69) is 31.9 Å². The van der Waals surface area contributed by atoms with Crippen LogP contribution in [0.5, 0.6) is 17.2 Å². The first-order valence-corrected chi connectivity index (χ1v) is 11.8. The maximum absolute atomic E-state index is 12.8. The van der Waals surface area contributed by atoms with Crippen LogP contribution in [0.1, 0.15) is 15.9 Å². The van der Waals surface area contributed by atoms with Crippen molar-refractivity contribution >= 4 is 21.8 Å². The third-order valence-electron chi connectivity index (χ3n) is 5.94. The number of carbonyl (C=O) groups excluding carboxylic acids is 1. The summed E-state index contributed by atoms with van der Waals surface area (Å²) in [5.74, 6) is 1.83. The van der Waals surface area contributed by atoms with Gasteiger partial charge in [0, 0.05) is 54.5 Å². The van der Waals surface area contributed by atoms with E-state index >= 15 is 0 Å². The van der Waals surface area contributed by atoms with Gasteiger partial charge < -0.3 is 19.1 Å². The molecule has 0 bridgehead atoms. The molecule has 1 aliphatic rings. The molecule has 0 saturated carbocycles. The van der Waals surface area contributed by atoms with Gasteiger partial charge in [-0.25, -0.2) is 0 Å². The van der Waals surface area contributed by atoms with Crippen LogP contribution in [0.25, 0.3) is 11.3 Å². The molecule has 2 heterocycles. The van der Waals surface area contributed by atoms with Crippen molar-refractivity contribution in [2.24, 2.45) is 0 Å². The van der Waals surface area contributed by atoms with Gasteiger partial charge >= 0.3 is 0 Å². The molecule has 34 heavy (non-hydrogen) atoms. The predicted octanol–water partition coefficient (Wildman–Crippen LogP) is 4.49. The molecule has 0 unspecified atom stereocenters. The number of halogens is 1. The van der Waals surface area contributed by atoms with Crippen LogP contribution in [0.15, 0.2) is 59.2 Å². The summed E-state index contributed by atoms with van der Waals surface area (Å²) < 4.78 is 17.4. The number of rotatable bonds is 7. The molecule has 0 spiro atoms. The smallest absolute Gasteiger partial charge is 0.253 e. The fraction of sp³-hybridized carbons (Fsp3) is 0.308. The van der Waals surface area contributed by atoms with E-state index < -0.39 is 0 Å². The molecule has 8 heteroatoms. The molecule has 0 atom stereocenters. The van der Waals surface area contributed by atoms with Gasteiger partial charge in [-0.1, -0.05) is 15.9 Å². The molecular weight excluding hydrogens is 498 g/mol. The van der Waals surface area contributed by atoms with Crippen LogP contribution in [0.2, 0.25) is 0 Å². The Hall–Kier alpha value is -3.10. The third-order valence-corrected chi connectivity index (χ3v) is 6.47. The second-order valence-corrected chi connectivity index (χ2v) is 8.95. The van der Waals surface area contributed by atoms with Gasteiger partial charge in [0.1, 0.15) is 0 Å². The minimum absolute atomic E-state index is 0.0840. The summed E-state index contributed by atoms with van der Waals surface area (Å²) in [6.45, 7) is 3.86. The lowest BCUT2D eigenvalue weighted by Crippen LogP contribution is -2.48. The molecule has 7 nitrogen and oxygen atoms in total. The zero-order valence-electron chi connectivity index (χ0n) is 19.6. The number of benzene rings is 2. The van der Waals surface area contributed by atoms with Gasteiger partial charge in [-0.2, -0.15) is 0 Å². The first-order valence-electron chi connectivity index (χ1n) is 11.0. The molecule has 4 rings (SSSR count). The Kier molecular flexibility index (Phi) is 7.70. The standard InChI is InChI=1S/C26H28BrN3O4/c1-32-23-15-20(16-24(33-2)25(23)34-3)22-14-18(8-9-28-22)17-29-10-12-30(13-11-29)26(31)19-4-6-21(27)7-5-19/h4-9,14-16H,10-13,17H2,1-3H3. The van der Waals surface area contributed by atoms with Crippen molar-refractivity contribution in [2.75, 3.05) is 47.5 Å². The first kappa shape index (κ1) is 24.0. The molecule has 178 valence electrons. The predicted molar refractivity (Wildman–Crippen MR) is 135 cm³/mol. The summed E-state index contributed by atoms with van der Waals surface area (Å²) in [6, 6.07) is 15.4. The second-order valence-electron chi connectivity index (χ2n) is 8.04. The first-order chi connectivity index (χ1) is 16.5. The topological polar surface area (TPSA) is 64.1 Å². The van der Waals surface area contributed by atoms with Crippen LogP contribution >= 0.6 is 15.9 Å². The van der Waals surface area contributed by atoms with E-state index in [0.717, 1.165) is 46.5 Å². The Balaban J connectivity index is 1.43. The molecule has 1 aromatic heterocycles. The van der Waals surface area contributed by atoms with Crippen molar-refractivity contribution in [2.45, 2.75) is 6.54 Å². The zero-order valence-corrected chi connectivity index (χ0v) is 21.2. The van der Waals surface area contributed by atoms with Gasteiger partial charge in [0.15, 0.2) is 11.5 Å². The number of ether oxygens (including phenoxy) is 3.